The van der Waals surface area contributed by atoms with Gasteiger partial charge in [-0.25, -0.2) is 0 Å². The Morgan fingerprint density at radius 3 is 2.31 bits per heavy atom. The van der Waals surface area contributed by atoms with Gasteiger partial charge in [0, 0.05) is 0 Å². The van der Waals surface area contributed by atoms with Crippen molar-refractivity contribution >= 4 is 0 Å². The topological polar surface area (TPSA) is 12.5 Å². The fourth-order valence-corrected chi connectivity index (χ4v) is 1.61. The molecule has 2 heteroatoms. The van der Waals surface area contributed by atoms with E-state index in [1.165, 1.54) is 5.56 Å². The Morgan fingerprint density at radius 2 is 1.85 bits per heavy atom. The molecule has 0 amide bonds. The van der Waals surface area contributed by atoms with Crippen molar-refractivity contribution in [1.82, 2.24) is 5.06 Å². The van der Waals surface area contributed by atoms with Gasteiger partial charge in [-0.15, -0.1) is 0 Å². The largest absolute Gasteiger partial charge is 0.297 e. The highest BCUT2D eigenvalue weighted by atomic mass is 16.7. The van der Waals surface area contributed by atoms with Crippen molar-refractivity contribution in [3.63, 3.8) is 0 Å². The summed E-state index contributed by atoms with van der Waals surface area (Å²) in [5.74, 6) is 0. The van der Waals surface area contributed by atoms with Crippen molar-refractivity contribution in [1.29, 1.82) is 0 Å². The Bertz CT molecular complexity index is 277. The van der Waals surface area contributed by atoms with Gasteiger partial charge < -0.3 is 0 Å². The summed E-state index contributed by atoms with van der Waals surface area (Å²) in [5, 5.41) is 2.03. The van der Waals surface area contributed by atoms with Crippen LogP contribution in [0.25, 0.3) is 0 Å². The summed E-state index contributed by atoms with van der Waals surface area (Å²) in [6.45, 7) is 6.25. The maximum Gasteiger partial charge on any atom is 0.0836 e. The van der Waals surface area contributed by atoms with Gasteiger partial charge in [0.15, 0.2) is 0 Å². The number of nitrogens with zero attached hydrogens (tertiary/aromatic N) is 1. The number of hydrogen-bond acceptors (Lipinski definition) is 2. The van der Waals surface area contributed by atoms with Crippen molar-refractivity contribution in [3.05, 3.63) is 35.9 Å². The molecule has 0 bridgehead atoms. The fourth-order valence-electron chi connectivity index (χ4n) is 1.61. The van der Waals surface area contributed by atoms with Crippen LogP contribution in [-0.2, 0) is 10.4 Å². The smallest absolute Gasteiger partial charge is 0.0836 e. The zero-order valence-electron chi connectivity index (χ0n) is 8.16. The van der Waals surface area contributed by atoms with Crippen LogP contribution in [0.15, 0.2) is 30.3 Å². The van der Waals surface area contributed by atoms with E-state index in [1.807, 2.05) is 11.1 Å². The van der Waals surface area contributed by atoms with Crippen LogP contribution in [-0.4, -0.2) is 18.2 Å². The van der Waals surface area contributed by atoms with Gasteiger partial charge in [-0.05, 0) is 19.4 Å². The molecule has 1 aromatic carbocycles. The third-order valence-corrected chi connectivity index (χ3v) is 2.65. The lowest BCUT2D eigenvalue weighted by Gasteiger charge is -2.43. The molecule has 1 fully saturated rings. The van der Waals surface area contributed by atoms with Crippen LogP contribution in [0.1, 0.15) is 19.4 Å². The Labute approximate surface area is 79.1 Å². The Morgan fingerprint density at radius 1 is 1.23 bits per heavy atom. The van der Waals surface area contributed by atoms with E-state index in [0.29, 0.717) is 0 Å². The Kier molecular flexibility index (Phi) is 2.10. The van der Waals surface area contributed by atoms with Crippen molar-refractivity contribution < 1.29 is 4.84 Å². The highest BCUT2D eigenvalue weighted by Gasteiger charge is 2.33. The normalized spacial score (nSPS) is 18.3. The SMILES string of the molecule is CC(C)(c1ccccc1)N1CCO1. The summed E-state index contributed by atoms with van der Waals surface area (Å²) < 4.78 is 0. The molecule has 0 aliphatic carbocycles. The standard InChI is InChI=1S/C11H15NO/c1-11(2,12-8-9-13-12)10-6-4-3-5-7-10/h3-7H,8-9H2,1-2H3. The summed E-state index contributed by atoms with van der Waals surface area (Å²) in [6.07, 6.45) is 0. The van der Waals surface area contributed by atoms with Crippen molar-refractivity contribution in [2.24, 2.45) is 0 Å². The minimum atomic E-state index is -0.000486. The van der Waals surface area contributed by atoms with Gasteiger partial charge in [0.05, 0.1) is 18.7 Å². The van der Waals surface area contributed by atoms with E-state index in [-0.39, 0.29) is 5.54 Å². The van der Waals surface area contributed by atoms with Gasteiger partial charge in [0.25, 0.3) is 0 Å². The summed E-state index contributed by atoms with van der Waals surface area (Å²) in [7, 11) is 0. The number of hydrogen-bond donors (Lipinski definition) is 0. The molecule has 0 N–H and O–H groups in total. The molecular weight excluding hydrogens is 162 g/mol. The van der Waals surface area contributed by atoms with E-state index in [9.17, 15) is 0 Å². The van der Waals surface area contributed by atoms with Crippen LogP contribution in [0.5, 0.6) is 0 Å². The second kappa shape index (κ2) is 3.13. The van der Waals surface area contributed by atoms with Gasteiger partial charge in [0.2, 0.25) is 0 Å². The van der Waals surface area contributed by atoms with Gasteiger partial charge in [-0.2, -0.15) is 5.06 Å². The summed E-state index contributed by atoms with van der Waals surface area (Å²) in [6, 6.07) is 10.5. The molecule has 2 rings (SSSR count). The maximum atomic E-state index is 5.38. The molecule has 1 aliphatic rings. The van der Waals surface area contributed by atoms with E-state index in [0.717, 1.165) is 13.2 Å². The summed E-state index contributed by atoms with van der Waals surface area (Å²) in [5.41, 5.74) is 1.30. The minimum absolute atomic E-state index is 0.000486. The van der Waals surface area contributed by atoms with E-state index >= 15 is 0 Å². The molecule has 0 radical (unpaired) electrons. The predicted molar refractivity (Wildman–Crippen MR) is 52.1 cm³/mol. The number of hydroxylamine groups is 2. The first-order valence-electron chi connectivity index (χ1n) is 4.67. The molecular formula is C11H15NO. The predicted octanol–water partition coefficient (Wildman–Crippen LogP) is 2.17. The lowest BCUT2D eigenvalue weighted by molar-refractivity contribution is -0.297. The van der Waals surface area contributed by atoms with Crippen molar-refractivity contribution in [2.45, 2.75) is 19.4 Å². The quantitative estimate of drug-likeness (QED) is 0.686. The second-order valence-corrected chi connectivity index (χ2v) is 3.86. The Hall–Kier alpha value is -0.860. The lowest BCUT2D eigenvalue weighted by Crippen LogP contribution is -2.50. The zero-order valence-corrected chi connectivity index (χ0v) is 8.16. The first-order valence-corrected chi connectivity index (χ1v) is 4.67. The van der Waals surface area contributed by atoms with Crippen molar-refractivity contribution in [2.75, 3.05) is 13.2 Å². The number of benzene rings is 1. The molecule has 70 valence electrons. The maximum absolute atomic E-state index is 5.38. The monoisotopic (exact) mass is 177 g/mol. The fraction of sp³-hybridized carbons (Fsp3) is 0.455. The molecule has 1 saturated heterocycles. The molecule has 0 saturated carbocycles. The molecule has 1 aromatic rings. The Balaban J connectivity index is 2.23. The molecule has 0 atom stereocenters. The van der Waals surface area contributed by atoms with Crippen LogP contribution in [0, 0.1) is 0 Å². The highest BCUT2D eigenvalue weighted by molar-refractivity contribution is 5.22. The first-order chi connectivity index (χ1) is 6.21. The van der Waals surface area contributed by atoms with Crippen LogP contribution in [0.3, 0.4) is 0 Å². The van der Waals surface area contributed by atoms with Gasteiger partial charge in [-0.3, -0.25) is 4.84 Å². The third kappa shape index (κ3) is 1.47. The summed E-state index contributed by atoms with van der Waals surface area (Å²) >= 11 is 0. The zero-order chi connectivity index (χ0) is 9.31. The first kappa shape index (κ1) is 8.73. The van der Waals surface area contributed by atoms with E-state index in [4.69, 9.17) is 4.84 Å². The molecule has 0 spiro atoms. The summed E-state index contributed by atoms with van der Waals surface area (Å²) in [4.78, 5) is 5.38. The van der Waals surface area contributed by atoms with Gasteiger partial charge in [0.1, 0.15) is 0 Å². The minimum Gasteiger partial charge on any atom is -0.297 e. The van der Waals surface area contributed by atoms with E-state index in [1.54, 1.807) is 0 Å². The van der Waals surface area contributed by atoms with Crippen LogP contribution < -0.4 is 0 Å². The molecule has 13 heavy (non-hydrogen) atoms. The third-order valence-electron chi connectivity index (χ3n) is 2.65. The lowest BCUT2D eigenvalue weighted by atomic mass is 9.93. The van der Waals surface area contributed by atoms with Crippen LogP contribution in [0.4, 0.5) is 0 Å². The number of rotatable bonds is 2. The molecule has 1 heterocycles. The van der Waals surface area contributed by atoms with Crippen LogP contribution >= 0.6 is 0 Å². The molecule has 1 aliphatic heterocycles. The van der Waals surface area contributed by atoms with Gasteiger partial charge in [-0.1, -0.05) is 30.3 Å². The van der Waals surface area contributed by atoms with Gasteiger partial charge >= 0.3 is 0 Å². The molecule has 0 unspecified atom stereocenters. The molecule has 0 aromatic heterocycles. The second-order valence-electron chi connectivity index (χ2n) is 3.86. The highest BCUT2D eigenvalue weighted by Crippen LogP contribution is 2.30. The van der Waals surface area contributed by atoms with E-state index < -0.39 is 0 Å². The van der Waals surface area contributed by atoms with Crippen molar-refractivity contribution in [3.8, 4) is 0 Å². The molecule has 2 nitrogen and oxygen atoms in total. The van der Waals surface area contributed by atoms with Crippen LogP contribution in [0.2, 0.25) is 0 Å². The average molecular weight is 177 g/mol. The average Bonchev–Trinajstić information content (AvgIpc) is 2.02. The van der Waals surface area contributed by atoms with E-state index in [2.05, 4.69) is 38.1 Å².